The van der Waals surface area contributed by atoms with Gasteiger partial charge in [0, 0.05) is 38.8 Å². The summed E-state index contributed by atoms with van der Waals surface area (Å²) in [5.74, 6) is -0.220. The molecule has 1 saturated heterocycles. The van der Waals surface area contributed by atoms with Crippen molar-refractivity contribution < 1.29 is 18.0 Å². The van der Waals surface area contributed by atoms with E-state index in [0.717, 1.165) is 18.4 Å². The minimum Gasteiger partial charge on any atom is -0.338 e. The van der Waals surface area contributed by atoms with E-state index in [-0.39, 0.29) is 36.0 Å². The molecular formula is C28H40N4O4S. The van der Waals surface area contributed by atoms with E-state index in [1.54, 1.807) is 35.2 Å². The molecule has 1 heterocycles. The molecule has 3 amide bonds. The van der Waals surface area contributed by atoms with Crippen LogP contribution in [0.4, 0.5) is 4.79 Å². The summed E-state index contributed by atoms with van der Waals surface area (Å²) in [6.07, 6.45) is 3.87. The molecule has 1 aliphatic heterocycles. The van der Waals surface area contributed by atoms with Gasteiger partial charge in [0.05, 0.1) is 11.4 Å². The highest BCUT2D eigenvalue weighted by molar-refractivity contribution is 7.89. The molecule has 0 aromatic heterocycles. The fraction of sp³-hybridized carbons (Fsp3) is 0.500. The molecule has 37 heavy (non-hydrogen) atoms. The van der Waals surface area contributed by atoms with Gasteiger partial charge in [-0.15, -0.1) is 0 Å². The fourth-order valence-corrected chi connectivity index (χ4v) is 6.08. The second-order valence-electron chi connectivity index (χ2n) is 9.46. The minimum atomic E-state index is -3.80. The van der Waals surface area contributed by atoms with Gasteiger partial charge in [-0.1, -0.05) is 68.8 Å². The van der Waals surface area contributed by atoms with Crippen molar-refractivity contribution in [2.24, 2.45) is 0 Å². The summed E-state index contributed by atoms with van der Waals surface area (Å²) in [5, 5.41) is 2.97. The summed E-state index contributed by atoms with van der Waals surface area (Å²) in [6.45, 7) is 6.22. The van der Waals surface area contributed by atoms with Crippen LogP contribution in [0.25, 0.3) is 0 Å². The average Bonchev–Trinajstić information content (AvgIpc) is 2.92. The highest BCUT2D eigenvalue weighted by Crippen LogP contribution is 2.22. The number of hydrogen-bond acceptors (Lipinski definition) is 4. The molecule has 0 radical (unpaired) electrons. The Morgan fingerprint density at radius 2 is 1.57 bits per heavy atom. The third kappa shape index (κ3) is 8.04. The van der Waals surface area contributed by atoms with Crippen LogP contribution in [0.2, 0.25) is 0 Å². The molecule has 9 heteroatoms. The maximum absolute atomic E-state index is 13.7. The van der Waals surface area contributed by atoms with E-state index >= 15 is 0 Å². The van der Waals surface area contributed by atoms with Crippen LogP contribution in [-0.2, 0) is 21.4 Å². The molecule has 0 saturated carbocycles. The zero-order chi connectivity index (χ0) is 26.7. The molecule has 0 spiro atoms. The Morgan fingerprint density at radius 3 is 2.16 bits per heavy atom. The molecule has 2 aromatic carbocycles. The number of unbranched alkanes of at least 4 members (excludes halogenated alkanes) is 1. The lowest BCUT2D eigenvalue weighted by Gasteiger charge is -2.39. The number of nitrogens with zero attached hydrogens (tertiary/aromatic N) is 3. The molecule has 0 unspecified atom stereocenters. The van der Waals surface area contributed by atoms with Gasteiger partial charge < -0.3 is 15.1 Å². The number of sulfonamides is 1. The van der Waals surface area contributed by atoms with E-state index in [1.807, 2.05) is 42.2 Å². The second kappa shape index (κ2) is 14.1. The van der Waals surface area contributed by atoms with Gasteiger partial charge in [-0.2, -0.15) is 4.31 Å². The van der Waals surface area contributed by atoms with Gasteiger partial charge in [0.15, 0.2) is 0 Å². The van der Waals surface area contributed by atoms with Crippen LogP contribution in [0.5, 0.6) is 0 Å². The topological polar surface area (TPSA) is 90.0 Å². The monoisotopic (exact) mass is 528 g/mol. The van der Waals surface area contributed by atoms with Crippen LogP contribution >= 0.6 is 0 Å². The second-order valence-corrected chi connectivity index (χ2v) is 11.4. The van der Waals surface area contributed by atoms with Gasteiger partial charge in [-0.05, 0) is 43.4 Å². The predicted molar refractivity (Wildman–Crippen MR) is 145 cm³/mol. The van der Waals surface area contributed by atoms with Gasteiger partial charge in [-0.3, -0.25) is 4.79 Å². The van der Waals surface area contributed by atoms with Crippen LogP contribution in [-0.4, -0.2) is 73.2 Å². The number of carbonyl (C=O) groups is 2. The van der Waals surface area contributed by atoms with E-state index in [1.165, 1.54) is 4.31 Å². The third-order valence-electron chi connectivity index (χ3n) is 6.68. The van der Waals surface area contributed by atoms with Crippen LogP contribution in [0, 0.1) is 0 Å². The van der Waals surface area contributed by atoms with Crippen molar-refractivity contribution in [3.05, 3.63) is 66.2 Å². The first-order chi connectivity index (χ1) is 17.9. The molecule has 0 aliphatic carbocycles. The Bertz CT molecular complexity index is 1090. The Labute approximate surface area is 221 Å². The first-order valence-corrected chi connectivity index (χ1v) is 14.7. The lowest BCUT2D eigenvalue weighted by Crippen LogP contribution is -2.52. The van der Waals surface area contributed by atoms with Crippen molar-refractivity contribution in [1.29, 1.82) is 0 Å². The molecule has 0 atom stereocenters. The lowest BCUT2D eigenvalue weighted by molar-refractivity contribution is -0.135. The maximum Gasteiger partial charge on any atom is 0.317 e. The summed E-state index contributed by atoms with van der Waals surface area (Å²) < 4.78 is 28.0. The van der Waals surface area contributed by atoms with Crippen molar-refractivity contribution >= 4 is 22.0 Å². The van der Waals surface area contributed by atoms with Crippen LogP contribution in [0.15, 0.2) is 65.6 Å². The van der Waals surface area contributed by atoms with E-state index in [2.05, 4.69) is 12.2 Å². The van der Waals surface area contributed by atoms with E-state index in [9.17, 15) is 18.0 Å². The smallest absolute Gasteiger partial charge is 0.317 e. The summed E-state index contributed by atoms with van der Waals surface area (Å²) >= 11 is 0. The molecule has 2 aromatic rings. The third-order valence-corrected chi connectivity index (χ3v) is 8.54. The number of likely N-dealkylation sites (tertiary alicyclic amines) is 1. The number of urea groups is 1. The molecule has 202 valence electrons. The lowest BCUT2D eigenvalue weighted by atomic mass is 10.0. The summed E-state index contributed by atoms with van der Waals surface area (Å²) in [6, 6.07) is 17.9. The first kappa shape index (κ1) is 28.7. The van der Waals surface area contributed by atoms with Crippen LogP contribution in [0.1, 0.15) is 51.5 Å². The SMILES string of the molecule is CCCCNC(=O)N1CCC(N(Cc2ccccc2)C(=O)CN(CCC)S(=O)(=O)c2ccccc2)CC1. The quantitative estimate of drug-likeness (QED) is 0.420. The Morgan fingerprint density at radius 1 is 0.946 bits per heavy atom. The number of carbonyl (C=O) groups excluding carboxylic acids is 2. The normalized spacial score (nSPS) is 14.5. The Kier molecular flexibility index (Phi) is 11.0. The van der Waals surface area contributed by atoms with Gasteiger partial charge in [0.2, 0.25) is 15.9 Å². The number of nitrogens with one attached hydrogen (secondary N) is 1. The maximum atomic E-state index is 13.7. The standard InChI is InChI=1S/C28H40N4O4S/c1-3-5-18-29-28(34)30-20-16-25(17-21-30)32(22-24-12-8-6-9-13-24)27(33)23-31(19-4-2)37(35,36)26-14-10-7-11-15-26/h6-15,25H,3-5,16-23H2,1-2H3,(H,29,34). The highest BCUT2D eigenvalue weighted by atomic mass is 32.2. The first-order valence-electron chi connectivity index (χ1n) is 13.3. The number of rotatable bonds is 12. The molecular weight excluding hydrogens is 488 g/mol. The van der Waals surface area contributed by atoms with Gasteiger partial charge >= 0.3 is 6.03 Å². The van der Waals surface area contributed by atoms with Gasteiger partial charge in [0.1, 0.15) is 0 Å². The number of amides is 3. The van der Waals surface area contributed by atoms with E-state index < -0.39 is 10.0 Å². The summed E-state index contributed by atoms with van der Waals surface area (Å²) in [7, 11) is -3.80. The highest BCUT2D eigenvalue weighted by Gasteiger charge is 2.33. The minimum absolute atomic E-state index is 0.0593. The van der Waals surface area contributed by atoms with Crippen molar-refractivity contribution in [3.8, 4) is 0 Å². The summed E-state index contributed by atoms with van der Waals surface area (Å²) in [5.41, 5.74) is 0.989. The molecule has 1 N–H and O–H groups in total. The zero-order valence-electron chi connectivity index (χ0n) is 22.0. The predicted octanol–water partition coefficient (Wildman–Crippen LogP) is 4.09. The molecule has 1 fully saturated rings. The number of benzene rings is 2. The molecule has 0 bridgehead atoms. The number of piperidine rings is 1. The fourth-order valence-electron chi connectivity index (χ4n) is 4.58. The van der Waals surface area contributed by atoms with Crippen molar-refractivity contribution in [3.63, 3.8) is 0 Å². The average molecular weight is 529 g/mol. The van der Waals surface area contributed by atoms with Gasteiger partial charge in [-0.25, -0.2) is 13.2 Å². The van der Waals surface area contributed by atoms with Crippen LogP contribution in [0.3, 0.4) is 0 Å². The van der Waals surface area contributed by atoms with Crippen molar-refractivity contribution in [1.82, 2.24) is 19.4 Å². The molecule has 8 nitrogen and oxygen atoms in total. The largest absolute Gasteiger partial charge is 0.338 e. The van der Waals surface area contributed by atoms with Gasteiger partial charge in [0.25, 0.3) is 0 Å². The van der Waals surface area contributed by atoms with E-state index in [0.29, 0.717) is 45.4 Å². The Hall–Kier alpha value is -2.91. The summed E-state index contributed by atoms with van der Waals surface area (Å²) in [4.78, 5) is 30.0. The van der Waals surface area contributed by atoms with Crippen molar-refractivity contribution in [2.75, 3.05) is 32.7 Å². The van der Waals surface area contributed by atoms with Crippen LogP contribution < -0.4 is 5.32 Å². The molecule has 1 aliphatic rings. The number of hydrogen-bond donors (Lipinski definition) is 1. The van der Waals surface area contributed by atoms with E-state index in [4.69, 9.17) is 0 Å². The zero-order valence-corrected chi connectivity index (χ0v) is 22.8. The molecule has 3 rings (SSSR count). The van der Waals surface area contributed by atoms with Crippen molar-refractivity contribution in [2.45, 2.75) is 63.4 Å². The Balaban J connectivity index is 1.75.